The third-order valence-corrected chi connectivity index (χ3v) is 2.23. The van der Waals surface area contributed by atoms with Crippen LogP contribution < -0.4 is 4.74 Å². The summed E-state index contributed by atoms with van der Waals surface area (Å²) in [5.74, 6) is 0.0224. The first-order chi connectivity index (χ1) is 9.71. The average Bonchev–Trinajstić information content (AvgIpc) is 2.49. The van der Waals surface area contributed by atoms with Crippen LogP contribution in [0.2, 0.25) is 0 Å². The van der Waals surface area contributed by atoms with Crippen LogP contribution in [0.25, 0.3) is 6.08 Å². The predicted molar refractivity (Wildman–Crippen MR) is 76.9 cm³/mol. The van der Waals surface area contributed by atoms with Crippen molar-refractivity contribution >= 4 is 12.0 Å². The molecule has 1 aromatic carbocycles. The molecular formula is C16H15NO3. The van der Waals surface area contributed by atoms with Crippen molar-refractivity contribution in [3.63, 3.8) is 0 Å². The molecule has 4 nitrogen and oxygen atoms in total. The normalized spacial score (nSPS) is 10.2. The van der Waals surface area contributed by atoms with Crippen molar-refractivity contribution < 1.29 is 14.3 Å². The van der Waals surface area contributed by atoms with Crippen molar-refractivity contribution in [2.24, 2.45) is 0 Å². The molecule has 0 saturated carbocycles. The summed E-state index contributed by atoms with van der Waals surface area (Å²) in [5, 5.41) is 8.95. The maximum Gasteiger partial charge on any atom is 0.349 e. The van der Waals surface area contributed by atoms with Gasteiger partial charge in [-0.2, -0.15) is 5.26 Å². The van der Waals surface area contributed by atoms with Gasteiger partial charge in [-0.05, 0) is 23.8 Å². The molecule has 0 aromatic heterocycles. The van der Waals surface area contributed by atoms with Crippen molar-refractivity contribution in [1.29, 1.82) is 5.26 Å². The third-order valence-electron chi connectivity index (χ3n) is 2.23. The van der Waals surface area contributed by atoms with E-state index >= 15 is 0 Å². The van der Waals surface area contributed by atoms with Crippen LogP contribution in [0.1, 0.15) is 5.56 Å². The van der Waals surface area contributed by atoms with Crippen LogP contribution in [0, 0.1) is 11.3 Å². The molecule has 0 spiro atoms. The molecule has 0 aliphatic carbocycles. The topological polar surface area (TPSA) is 59.3 Å². The summed E-state index contributed by atoms with van der Waals surface area (Å²) in [5.41, 5.74) is 0.648. The fourth-order valence-corrected chi connectivity index (χ4v) is 1.33. The number of esters is 1. The zero-order chi connectivity index (χ0) is 14.8. The third kappa shape index (κ3) is 4.83. The number of hydrogen-bond donors (Lipinski definition) is 0. The molecule has 0 bridgehead atoms. The lowest BCUT2D eigenvalue weighted by Crippen LogP contribution is -2.06. The van der Waals surface area contributed by atoms with Crippen LogP contribution in [0.15, 0.2) is 55.1 Å². The van der Waals surface area contributed by atoms with Gasteiger partial charge in [-0.3, -0.25) is 0 Å². The van der Waals surface area contributed by atoms with Crippen LogP contribution in [0.3, 0.4) is 0 Å². The molecule has 1 aromatic rings. The molecule has 1 rings (SSSR count). The molecular weight excluding hydrogens is 254 g/mol. The zero-order valence-electron chi connectivity index (χ0n) is 11.0. The van der Waals surface area contributed by atoms with Gasteiger partial charge in [0.2, 0.25) is 0 Å². The minimum absolute atomic E-state index is 0.0633. The Kier molecular flexibility index (Phi) is 6.35. The summed E-state index contributed by atoms with van der Waals surface area (Å²) in [6, 6.07) is 8.81. The molecule has 0 atom stereocenters. The maximum atomic E-state index is 11.5. The summed E-state index contributed by atoms with van der Waals surface area (Å²) < 4.78 is 10.1. The van der Waals surface area contributed by atoms with E-state index in [4.69, 9.17) is 14.7 Å². The molecule has 102 valence electrons. The number of carbonyl (C=O) groups is 1. The largest absolute Gasteiger partial charge is 0.490 e. The number of carbonyl (C=O) groups excluding carboxylic acids is 1. The molecule has 4 heteroatoms. The minimum atomic E-state index is -0.667. The predicted octanol–water partition coefficient (Wildman–Crippen LogP) is 2.89. The average molecular weight is 269 g/mol. The molecule has 0 aliphatic rings. The van der Waals surface area contributed by atoms with Crippen LogP contribution in [-0.4, -0.2) is 19.2 Å². The van der Waals surface area contributed by atoms with Gasteiger partial charge >= 0.3 is 5.97 Å². The van der Waals surface area contributed by atoms with E-state index in [-0.39, 0.29) is 12.2 Å². The highest BCUT2D eigenvalue weighted by atomic mass is 16.5. The second kappa shape index (κ2) is 8.33. The van der Waals surface area contributed by atoms with Crippen molar-refractivity contribution in [3.05, 3.63) is 60.7 Å². The maximum absolute atomic E-state index is 11.5. The smallest absolute Gasteiger partial charge is 0.349 e. The number of ether oxygens (including phenoxy) is 2. The molecule has 0 radical (unpaired) electrons. The van der Waals surface area contributed by atoms with E-state index in [2.05, 4.69) is 13.2 Å². The van der Waals surface area contributed by atoms with Gasteiger partial charge < -0.3 is 9.47 Å². The monoisotopic (exact) mass is 269 g/mol. The zero-order valence-corrected chi connectivity index (χ0v) is 11.0. The second-order valence-electron chi connectivity index (χ2n) is 3.73. The van der Waals surface area contributed by atoms with Gasteiger partial charge in [0.15, 0.2) is 0 Å². The Bertz CT molecular complexity index is 550. The number of rotatable bonds is 7. The Morgan fingerprint density at radius 1 is 1.20 bits per heavy atom. The number of benzene rings is 1. The van der Waals surface area contributed by atoms with Crippen LogP contribution >= 0.6 is 0 Å². The first kappa shape index (κ1) is 15.3. The van der Waals surface area contributed by atoms with Crippen LogP contribution in [-0.2, 0) is 9.53 Å². The Hall–Kier alpha value is -2.80. The first-order valence-electron chi connectivity index (χ1n) is 5.95. The van der Waals surface area contributed by atoms with Crippen molar-refractivity contribution in [1.82, 2.24) is 0 Å². The summed E-state index contributed by atoms with van der Waals surface area (Å²) >= 11 is 0. The lowest BCUT2D eigenvalue weighted by molar-refractivity contribution is -0.137. The van der Waals surface area contributed by atoms with E-state index in [0.29, 0.717) is 17.9 Å². The number of hydrogen-bond acceptors (Lipinski definition) is 4. The van der Waals surface area contributed by atoms with E-state index in [1.54, 1.807) is 30.3 Å². The van der Waals surface area contributed by atoms with Crippen LogP contribution in [0.5, 0.6) is 5.75 Å². The summed E-state index contributed by atoms with van der Waals surface area (Å²) in [6.45, 7) is 7.49. The summed E-state index contributed by atoms with van der Waals surface area (Å²) in [4.78, 5) is 11.5. The Balaban J connectivity index is 2.80. The number of nitriles is 1. The summed E-state index contributed by atoms with van der Waals surface area (Å²) in [6.07, 6.45) is 4.55. The highest BCUT2D eigenvalue weighted by Gasteiger charge is 2.09. The van der Waals surface area contributed by atoms with Gasteiger partial charge in [0.05, 0.1) is 0 Å². The van der Waals surface area contributed by atoms with Gasteiger partial charge in [0.1, 0.15) is 30.6 Å². The molecule has 0 amide bonds. The first-order valence-corrected chi connectivity index (χ1v) is 5.95. The molecule has 0 unspecified atom stereocenters. The fourth-order valence-electron chi connectivity index (χ4n) is 1.33. The van der Waals surface area contributed by atoms with E-state index < -0.39 is 5.97 Å². The van der Waals surface area contributed by atoms with Gasteiger partial charge in [-0.1, -0.05) is 37.4 Å². The Morgan fingerprint density at radius 2 is 1.85 bits per heavy atom. The molecule has 0 N–H and O–H groups in total. The van der Waals surface area contributed by atoms with Crippen molar-refractivity contribution in [3.8, 4) is 11.8 Å². The number of nitrogens with zero attached hydrogens (tertiary/aromatic N) is 1. The molecule has 0 fully saturated rings. The molecule has 0 heterocycles. The highest BCUT2D eigenvalue weighted by molar-refractivity contribution is 5.97. The standard InChI is InChI=1S/C16H15NO3/c1-3-9-19-15-7-5-13(6-8-15)11-14(12-17)16(18)20-10-4-2/h3-8,11H,1-2,9-10H2. The van der Waals surface area contributed by atoms with E-state index in [9.17, 15) is 4.79 Å². The van der Waals surface area contributed by atoms with E-state index in [1.165, 1.54) is 12.2 Å². The lowest BCUT2D eigenvalue weighted by atomic mass is 10.1. The van der Waals surface area contributed by atoms with Crippen molar-refractivity contribution in [2.75, 3.05) is 13.2 Å². The quantitative estimate of drug-likeness (QED) is 0.330. The Labute approximate surface area is 118 Å². The summed E-state index contributed by atoms with van der Waals surface area (Å²) in [7, 11) is 0. The van der Waals surface area contributed by atoms with E-state index in [1.807, 2.05) is 6.07 Å². The second-order valence-corrected chi connectivity index (χ2v) is 3.73. The molecule has 0 saturated heterocycles. The van der Waals surface area contributed by atoms with Gasteiger partial charge in [0.25, 0.3) is 0 Å². The van der Waals surface area contributed by atoms with Crippen LogP contribution in [0.4, 0.5) is 0 Å². The van der Waals surface area contributed by atoms with E-state index in [0.717, 1.165) is 0 Å². The highest BCUT2D eigenvalue weighted by Crippen LogP contribution is 2.15. The Morgan fingerprint density at radius 3 is 2.40 bits per heavy atom. The molecule has 20 heavy (non-hydrogen) atoms. The van der Waals surface area contributed by atoms with Gasteiger partial charge in [0, 0.05) is 0 Å². The SMILES string of the molecule is C=CCOC(=O)C(C#N)=Cc1ccc(OCC=C)cc1. The molecule has 0 aliphatic heterocycles. The minimum Gasteiger partial charge on any atom is -0.490 e. The lowest BCUT2D eigenvalue weighted by Gasteiger charge is -2.03. The van der Waals surface area contributed by atoms with Gasteiger partial charge in [-0.25, -0.2) is 4.79 Å². The van der Waals surface area contributed by atoms with Gasteiger partial charge in [-0.15, -0.1) is 0 Å². The van der Waals surface area contributed by atoms with Crippen molar-refractivity contribution in [2.45, 2.75) is 0 Å². The fraction of sp³-hybridized carbons (Fsp3) is 0.125.